The monoisotopic (exact) mass is 338 g/mol. The number of H-pyrrole nitrogens is 1. The number of hydrogen-bond acceptors (Lipinski definition) is 2. The van der Waals surface area contributed by atoms with E-state index < -0.39 is 0 Å². The van der Waals surface area contributed by atoms with Crippen LogP contribution in [0.15, 0.2) is 47.0 Å². The van der Waals surface area contributed by atoms with Crippen molar-refractivity contribution in [1.82, 2.24) is 4.98 Å². The van der Waals surface area contributed by atoms with E-state index in [1.807, 2.05) is 18.3 Å². The zero-order valence-corrected chi connectivity index (χ0v) is 11.2. The van der Waals surface area contributed by atoms with E-state index in [0.29, 0.717) is 6.54 Å². The molecule has 0 fully saturated rings. The summed E-state index contributed by atoms with van der Waals surface area (Å²) in [7, 11) is 0. The first-order valence-electron chi connectivity index (χ1n) is 5.36. The van der Waals surface area contributed by atoms with Gasteiger partial charge in [0.15, 0.2) is 3.77 Å². The van der Waals surface area contributed by atoms with E-state index in [2.05, 4.69) is 57.2 Å². The lowest BCUT2D eigenvalue weighted by Crippen LogP contribution is -1.97. The molecule has 0 saturated carbocycles. The molecule has 0 aliphatic heterocycles. The highest BCUT2D eigenvalue weighted by atomic mass is 127. The SMILES string of the molecule is Ic1ccc(CNc2ccc3[nH]ccc3c2)o1. The zero-order chi connectivity index (χ0) is 11.7. The Kier molecular flexibility index (Phi) is 2.80. The van der Waals surface area contributed by atoms with Crippen molar-refractivity contribution in [2.45, 2.75) is 6.54 Å². The molecule has 0 aliphatic rings. The summed E-state index contributed by atoms with van der Waals surface area (Å²) in [5, 5.41) is 4.56. The van der Waals surface area contributed by atoms with E-state index >= 15 is 0 Å². The van der Waals surface area contributed by atoms with Crippen LogP contribution in [0.1, 0.15) is 5.76 Å². The lowest BCUT2D eigenvalue weighted by atomic mass is 10.2. The van der Waals surface area contributed by atoms with Crippen LogP contribution in [0.2, 0.25) is 0 Å². The van der Waals surface area contributed by atoms with Crippen LogP contribution in [0.5, 0.6) is 0 Å². The number of furan rings is 1. The summed E-state index contributed by atoms with van der Waals surface area (Å²) in [4.78, 5) is 3.18. The lowest BCUT2D eigenvalue weighted by molar-refractivity contribution is 0.493. The van der Waals surface area contributed by atoms with E-state index in [0.717, 1.165) is 20.7 Å². The maximum atomic E-state index is 5.50. The third-order valence-corrected chi connectivity index (χ3v) is 3.23. The van der Waals surface area contributed by atoms with Crippen LogP contribution in [-0.4, -0.2) is 4.98 Å². The van der Waals surface area contributed by atoms with Crippen molar-refractivity contribution in [3.8, 4) is 0 Å². The molecule has 0 unspecified atom stereocenters. The van der Waals surface area contributed by atoms with Gasteiger partial charge in [0.05, 0.1) is 6.54 Å². The van der Waals surface area contributed by atoms with Gasteiger partial charge in [-0.1, -0.05) is 0 Å². The predicted octanol–water partition coefficient (Wildman–Crippen LogP) is 3.98. The molecule has 86 valence electrons. The minimum atomic E-state index is 0.707. The van der Waals surface area contributed by atoms with E-state index in [1.165, 1.54) is 5.39 Å². The molecule has 0 spiro atoms. The maximum Gasteiger partial charge on any atom is 0.164 e. The van der Waals surface area contributed by atoms with Gasteiger partial charge < -0.3 is 14.7 Å². The van der Waals surface area contributed by atoms with Gasteiger partial charge in [-0.3, -0.25) is 0 Å². The van der Waals surface area contributed by atoms with Gasteiger partial charge in [-0.25, -0.2) is 0 Å². The smallest absolute Gasteiger partial charge is 0.164 e. The van der Waals surface area contributed by atoms with Crippen LogP contribution in [0.3, 0.4) is 0 Å². The highest BCUT2D eigenvalue weighted by molar-refractivity contribution is 14.1. The quantitative estimate of drug-likeness (QED) is 0.710. The summed E-state index contributed by atoms with van der Waals surface area (Å²) in [6.45, 7) is 0.707. The zero-order valence-electron chi connectivity index (χ0n) is 9.03. The second-order valence-electron chi connectivity index (χ2n) is 3.84. The third kappa shape index (κ3) is 2.31. The fourth-order valence-electron chi connectivity index (χ4n) is 1.80. The number of aromatic nitrogens is 1. The molecular formula is C13H11IN2O. The fourth-order valence-corrected chi connectivity index (χ4v) is 2.26. The maximum absolute atomic E-state index is 5.50. The highest BCUT2D eigenvalue weighted by Crippen LogP contribution is 2.19. The number of rotatable bonds is 3. The molecule has 1 aromatic carbocycles. The minimum absolute atomic E-state index is 0.707. The molecule has 0 aliphatic carbocycles. The van der Waals surface area contributed by atoms with E-state index in [-0.39, 0.29) is 0 Å². The standard InChI is InChI=1S/C13H11IN2O/c14-13-4-2-11(17-13)8-16-10-1-3-12-9(7-10)5-6-15-12/h1-7,15-16H,8H2. The molecule has 2 N–H and O–H groups in total. The topological polar surface area (TPSA) is 41.0 Å². The van der Waals surface area contributed by atoms with Gasteiger partial charge >= 0.3 is 0 Å². The largest absolute Gasteiger partial charge is 0.454 e. The van der Waals surface area contributed by atoms with Crippen molar-refractivity contribution in [1.29, 1.82) is 0 Å². The molecular weight excluding hydrogens is 327 g/mol. The van der Waals surface area contributed by atoms with Crippen LogP contribution in [-0.2, 0) is 6.54 Å². The van der Waals surface area contributed by atoms with E-state index in [1.54, 1.807) is 0 Å². The van der Waals surface area contributed by atoms with Gasteiger partial charge in [0.25, 0.3) is 0 Å². The number of anilines is 1. The Labute approximate surface area is 112 Å². The molecule has 0 atom stereocenters. The van der Waals surface area contributed by atoms with Crippen molar-refractivity contribution >= 4 is 39.2 Å². The van der Waals surface area contributed by atoms with Crippen LogP contribution in [0, 0.1) is 3.77 Å². The van der Waals surface area contributed by atoms with Gasteiger partial charge in [0.2, 0.25) is 0 Å². The van der Waals surface area contributed by atoms with Gasteiger partial charge in [-0.05, 0) is 59.0 Å². The summed E-state index contributed by atoms with van der Waals surface area (Å²) in [5.74, 6) is 0.948. The summed E-state index contributed by atoms with van der Waals surface area (Å²) < 4.78 is 6.41. The van der Waals surface area contributed by atoms with E-state index in [4.69, 9.17) is 4.42 Å². The summed E-state index contributed by atoms with van der Waals surface area (Å²) in [5.41, 5.74) is 2.26. The first kappa shape index (κ1) is 10.7. The van der Waals surface area contributed by atoms with Crippen LogP contribution in [0.25, 0.3) is 10.9 Å². The van der Waals surface area contributed by atoms with Gasteiger partial charge in [0.1, 0.15) is 5.76 Å². The van der Waals surface area contributed by atoms with Crippen LogP contribution >= 0.6 is 22.6 Å². The molecule has 0 radical (unpaired) electrons. The van der Waals surface area contributed by atoms with Crippen molar-refractivity contribution < 1.29 is 4.42 Å². The second-order valence-corrected chi connectivity index (χ2v) is 4.90. The number of benzene rings is 1. The molecule has 2 aromatic heterocycles. The summed E-state index contributed by atoms with van der Waals surface area (Å²) in [6, 6.07) is 12.3. The Balaban J connectivity index is 1.76. The Morgan fingerprint density at radius 1 is 1.18 bits per heavy atom. The fraction of sp³-hybridized carbons (Fsp3) is 0.0769. The molecule has 0 amide bonds. The number of nitrogens with one attached hydrogen (secondary N) is 2. The summed E-state index contributed by atoms with van der Waals surface area (Å²) >= 11 is 2.17. The number of halogens is 1. The molecule has 3 aromatic rings. The van der Waals surface area contributed by atoms with Crippen molar-refractivity contribution in [2.24, 2.45) is 0 Å². The molecule has 17 heavy (non-hydrogen) atoms. The minimum Gasteiger partial charge on any atom is -0.454 e. The van der Waals surface area contributed by atoms with Crippen LogP contribution < -0.4 is 5.32 Å². The average molecular weight is 338 g/mol. The Bertz CT molecular complexity index is 641. The second kappa shape index (κ2) is 4.44. The van der Waals surface area contributed by atoms with E-state index in [9.17, 15) is 0 Å². The summed E-state index contributed by atoms with van der Waals surface area (Å²) in [6.07, 6.45) is 1.95. The molecule has 0 bridgehead atoms. The lowest BCUT2D eigenvalue weighted by Gasteiger charge is -2.04. The number of aromatic amines is 1. The van der Waals surface area contributed by atoms with Gasteiger partial charge in [-0.15, -0.1) is 0 Å². The highest BCUT2D eigenvalue weighted by Gasteiger charge is 2.00. The normalized spacial score (nSPS) is 10.9. The molecule has 0 saturated heterocycles. The average Bonchev–Trinajstić information content (AvgIpc) is 2.94. The molecule has 3 nitrogen and oxygen atoms in total. The Hall–Kier alpha value is -1.43. The number of hydrogen-bond donors (Lipinski definition) is 2. The number of fused-ring (bicyclic) bond motifs is 1. The first-order valence-corrected chi connectivity index (χ1v) is 6.44. The molecule has 3 rings (SSSR count). The molecule has 2 heterocycles. The molecule has 4 heteroatoms. The van der Waals surface area contributed by atoms with Crippen molar-refractivity contribution in [3.63, 3.8) is 0 Å². The van der Waals surface area contributed by atoms with Crippen LogP contribution in [0.4, 0.5) is 5.69 Å². The Morgan fingerprint density at radius 2 is 2.12 bits per heavy atom. The Morgan fingerprint density at radius 3 is 2.94 bits per heavy atom. The predicted molar refractivity (Wildman–Crippen MR) is 77.1 cm³/mol. The van der Waals surface area contributed by atoms with Crippen molar-refractivity contribution in [3.05, 3.63) is 52.1 Å². The van der Waals surface area contributed by atoms with Gasteiger partial charge in [0, 0.05) is 22.8 Å². The first-order chi connectivity index (χ1) is 8.31. The van der Waals surface area contributed by atoms with Gasteiger partial charge in [-0.2, -0.15) is 0 Å². The van der Waals surface area contributed by atoms with Crippen molar-refractivity contribution in [2.75, 3.05) is 5.32 Å². The third-order valence-electron chi connectivity index (χ3n) is 2.65.